The van der Waals surface area contributed by atoms with Crippen molar-refractivity contribution in [3.63, 3.8) is 0 Å². The Kier molecular flexibility index (Phi) is 4.45. The molecule has 0 spiro atoms. The van der Waals surface area contributed by atoms with E-state index >= 15 is 0 Å². The van der Waals surface area contributed by atoms with Crippen LogP contribution in [0, 0.1) is 5.82 Å². The molecule has 0 fully saturated rings. The van der Waals surface area contributed by atoms with Crippen LogP contribution in [0.4, 0.5) is 15.9 Å². The van der Waals surface area contributed by atoms with E-state index in [0.717, 1.165) is 11.3 Å². The average Bonchev–Trinajstić information content (AvgIpc) is 3.31. The van der Waals surface area contributed by atoms with Gasteiger partial charge >= 0.3 is 0 Å². The molecule has 4 aromatic rings. The molecule has 3 heterocycles. The van der Waals surface area contributed by atoms with E-state index in [0.29, 0.717) is 22.8 Å². The summed E-state index contributed by atoms with van der Waals surface area (Å²) < 4.78 is 17.7. The Morgan fingerprint density at radius 2 is 2.18 bits per heavy atom. The summed E-state index contributed by atoms with van der Waals surface area (Å²) in [4.78, 5) is 12.6. The lowest BCUT2D eigenvalue weighted by molar-refractivity contribution is 0.486. The molecule has 0 aliphatic rings. The number of aromatic nitrogens is 6. The molecule has 28 heavy (non-hydrogen) atoms. The molecule has 0 radical (unpaired) electrons. The van der Waals surface area contributed by atoms with Gasteiger partial charge in [-0.3, -0.25) is 4.40 Å². The van der Waals surface area contributed by atoms with Gasteiger partial charge in [-0.05, 0) is 30.7 Å². The Morgan fingerprint density at radius 1 is 1.32 bits per heavy atom. The molecule has 10 heteroatoms. The van der Waals surface area contributed by atoms with Gasteiger partial charge in [0.15, 0.2) is 17.3 Å². The largest absolute Gasteiger partial charge is 0.337 e. The van der Waals surface area contributed by atoms with Crippen LogP contribution in [0.15, 0.2) is 55.6 Å². The number of nitrogens with one attached hydrogen (secondary N) is 1. The molecule has 0 atom stereocenters. The summed E-state index contributed by atoms with van der Waals surface area (Å²) in [6, 6.07) is 4.73. The minimum absolute atomic E-state index is 0.309. The Labute approximate surface area is 159 Å². The van der Waals surface area contributed by atoms with E-state index in [1.165, 1.54) is 28.4 Å². The summed E-state index contributed by atoms with van der Waals surface area (Å²) in [5.74, 6) is 5.77. The van der Waals surface area contributed by atoms with Crippen molar-refractivity contribution in [1.82, 2.24) is 34.1 Å². The monoisotopic (exact) mass is 379 g/mol. The predicted octanol–water partition coefficient (Wildman–Crippen LogP) is 2.36. The summed E-state index contributed by atoms with van der Waals surface area (Å²) in [5.41, 5.74) is 3.29. The molecular formula is C18H18FN9. The molecule has 4 rings (SSSR count). The Morgan fingerprint density at radius 3 is 2.89 bits per heavy atom. The van der Waals surface area contributed by atoms with E-state index < -0.39 is 5.82 Å². The predicted molar refractivity (Wildman–Crippen MR) is 103 cm³/mol. The van der Waals surface area contributed by atoms with Gasteiger partial charge in [0, 0.05) is 31.3 Å². The van der Waals surface area contributed by atoms with Crippen LogP contribution >= 0.6 is 0 Å². The maximum Gasteiger partial charge on any atom is 0.180 e. The zero-order valence-corrected chi connectivity index (χ0v) is 15.3. The first-order valence-electron chi connectivity index (χ1n) is 8.43. The normalized spacial score (nSPS) is 11.8. The number of fused-ring (bicyclic) bond motifs is 1. The highest BCUT2D eigenvalue weighted by molar-refractivity contribution is 5.73. The van der Waals surface area contributed by atoms with E-state index in [1.54, 1.807) is 37.8 Å². The van der Waals surface area contributed by atoms with Crippen LogP contribution in [0.1, 0.15) is 12.6 Å². The minimum Gasteiger partial charge on any atom is -0.337 e. The van der Waals surface area contributed by atoms with Gasteiger partial charge in [0.25, 0.3) is 0 Å². The van der Waals surface area contributed by atoms with E-state index in [4.69, 9.17) is 5.84 Å². The van der Waals surface area contributed by atoms with Gasteiger partial charge < -0.3 is 10.3 Å². The van der Waals surface area contributed by atoms with Gasteiger partial charge in [0.2, 0.25) is 0 Å². The first-order valence-corrected chi connectivity index (χ1v) is 8.43. The van der Waals surface area contributed by atoms with Gasteiger partial charge in [-0.1, -0.05) is 0 Å². The van der Waals surface area contributed by atoms with Crippen molar-refractivity contribution >= 4 is 22.7 Å². The molecule has 3 aromatic heterocycles. The maximum atomic E-state index is 14.5. The number of hydrazine groups is 1. The van der Waals surface area contributed by atoms with Crippen molar-refractivity contribution in [3.8, 4) is 5.69 Å². The Hall–Kier alpha value is -3.79. The molecule has 0 aliphatic heterocycles. The van der Waals surface area contributed by atoms with Crippen molar-refractivity contribution in [2.75, 3.05) is 12.4 Å². The molecule has 0 saturated heterocycles. The van der Waals surface area contributed by atoms with Crippen molar-refractivity contribution in [2.24, 2.45) is 5.84 Å². The lowest BCUT2D eigenvalue weighted by Gasteiger charge is -2.10. The fourth-order valence-corrected chi connectivity index (χ4v) is 2.91. The third kappa shape index (κ3) is 3.28. The highest BCUT2D eigenvalue weighted by Gasteiger charge is 2.12. The van der Waals surface area contributed by atoms with Gasteiger partial charge in [-0.2, -0.15) is 5.10 Å². The van der Waals surface area contributed by atoms with Crippen molar-refractivity contribution in [1.29, 1.82) is 0 Å². The number of imidazole rings is 1. The second-order valence-corrected chi connectivity index (χ2v) is 6.22. The smallest absolute Gasteiger partial charge is 0.180 e. The third-order valence-corrected chi connectivity index (χ3v) is 4.11. The van der Waals surface area contributed by atoms with Crippen molar-refractivity contribution in [2.45, 2.75) is 6.92 Å². The number of hydrogen-bond donors (Lipinski definition) is 2. The molecule has 0 saturated carbocycles. The van der Waals surface area contributed by atoms with Crippen LogP contribution in [0.3, 0.4) is 0 Å². The molecular weight excluding hydrogens is 361 g/mol. The summed E-state index contributed by atoms with van der Waals surface area (Å²) in [7, 11) is 1.75. The van der Waals surface area contributed by atoms with Gasteiger partial charge in [-0.15, -0.1) is 0 Å². The van der Waals surface area contributed by atoms with Crippen LogP contribution in [0.2, 0.25) is 0 Å². The number of nitrogens with two attached hydrogens (primary N) is 1. The molecule has 142 valence electrons. The Bertz CT molecular complexity index is 1150. The van der Waals surface area contributed by atoms with Crippen LogP contribution in [0.25, 0.3) is 16.9 Å². The van der Waals surface area contributed by atoms with Crippen molar-refractivity contribution < 1.29 is 4.39 Å². The number of anilines is 2. The maximum absolute atomic E-state index is 14.5. The second kappa shape index (κ2) is 7.08. The quantitative estimate of drug-likeness (QED) is 0.405. The first kappa shape index (κ1) is 17.6. The lowest BCUT2D eigenvalue weighted by atomic mass is 10.2. The topological polar surface area (TPSA) is 102 Å². The molecule has 1 aromatic carbocycles. The SMILES string of the molecule is C/C(=C\N(C)N)c1cnc2c(Nc3ccc(-n4cncn4)c(F)c3)nccn12. The number of hydrogen-bond acceptors (Lipinski definition) is 7. The van der Waals surface area contributed by atoms with Gasteiger partial charge in [0.1, 0.15) is 18.3 Å². The highest BCUT2D eigenvalue weighted by atomic mass is 19.1. The van der Waals surface area contributed by atoms with Gasteiger partial charge in [-0.25, -0.2) is 29.9 Å². The summed E-state index contributed by atoms with van der Waals surface area (Å²) in [5, 5.41) is 8.54. The zero-order chi connectivity index (χ0) is 19.7. The van der Waals surface area contributed by atoms with Gasteiger partial charge in [0.05, 0.1) is 11.9 Å². The first-order chi connectivity index (χ1) is 13.5. The fraction of sp³-hybridized carbons (Fsp3) is 0.111. The molecule has 0 unspecified atom stereocenters. The van der Waals surface area contributed by atoms with Crippen LogP contribution < -0.4 is 11.2 Å². The number of halogens is 1. The summed E-state index contributed by atoms with van der Waals surface area (Å²) >= 11 is 0. The number of nitrogens with zero attached hydrogens (tertiary/aromatic N) is 7. The zero-order valence-electron chi connectivity index (χ0n) is 15.3. The number of rotatable bonds is 5. The Balaban J connectivity index is 1.67. The molecule has 0 amide bonds. The van der Waals surface area contributed by atoms with Crippen LogP contribution in [0.5, 0.6) is 0 Å². The molecule has 0 aliphatic carbocycles. The average molecular weight is 379 g/mol. The van der Waals surface area contributed by atoms with E-state index in [-0.39, 0.29) is 0 Å². The van der Waals surface area contributed by atoms with E-state index in [9.17, 15) is 4.39 Å². The van der Waals surface area contributed by atoms with Crippen LogP contribution in [-0.2, 0) is 0 Å². The number of benzene rings is 1. The van der Waals surface area contributed by atoms with E-state index in [2.05, 4.69) is 25.4 Å². The molecule has 9 nitrogen and oxygen atoms in total. The standard InChI is InChI=1S/C18H18FN9/c1-12(9-26(2)20)16-8-23-18-17(22-5-6-27(16)18)25-13-3-4-15(14(19)7-13)28-11-21-10-24-28/h3-11H,20H2,1-2H3,(H,22,25)/b12-9+. The van der Waals surface area contributed by atoms with Crippen LogP contribution in [-0.4, -0.2) is 41.2 Å². The molecule has 3 N–H and O–H groups in total. The lowest BCUT2D eigenvalue weighted by Crippen LogP contribution is -2.19. The second-order valence-electron chi connectivity index (χ2n) is 6.22. The minimum atomic E-state index is -0.434. The van der Waals surface area contributed by atoms with Crippen molar-refractivity contribution in [3.05, 3.63) is 67.2 Å². The number of allylic oxidation sites excluding steroid dienone is 1. The van der Waals surface area contributed by atoms with E-state index in [1.807, 2.05) is 17.5 Å². The summed E-state index contributed by atoms with van der Waals surface area (Å²) in [6.45, 7) is 1.94. The molecule has 0 bridgehead atoms. The fourth-order valence-electron chi connectivity index (χ4n) is 2.91. The third-order valence-electron chi connectivity index (χ3n) is 4.11. The summed E-state index contributed by atoms with van der Waals surface area (Å²) in [6.07, 6.45) is 9.80. The highest BCUT2D eigenvalue weighted by Crippen LogP contribution is 2.24.